The predicted molar refractivity (Wildman–Crippen MR) is 139 cm³/mol. The van der Waals surface area contributed by atoms with E-state index in [1.807, 2.05) is 31.2 Å². The van der Waals surface area contributed by atoms with Gasteiger partial charge in [-0.15, -0.1) is 0 Å². The van der Waals surface area contributed by atoms with Crippen molar-refractivity contribution in [3.8, 4) is 5.75 Å². The lowest BCUT2D eigenvalue weighted by atomic mass is 9.89. The Morgan fingerprint density at radius 3 is 2.78 bits per heavy atom. The maximum absolute atomic E-state index is 14.4. The molecule has 0 aliphatic carbocycles. The Bertz CT molecular complexity index is 1730. The third kappa shape index (κ3) is 4.14. The SMILES string of the molecule is CCCc1nc2ccccc2n1Cc1ccc2c(c1)COc1ccc(F)cc1C2=C(C)c1noc(=O)[nH]1. The highest BCUT2D eigenvalue weighted by atomic mass is 19.1. The molecule has 0 bridgehead atoms. The number of halogens is 1. The molecule has 0 unspecified atom stereocenters. The Labute approximate surface area is 212 Å². The third-order valence-electron chi connectivity index (χ3n) is 6.75. The van der Waals surface area contributed by atoms with Gasteiger partial charge in [-0.1, -0.05) is 36.3 Å². The van der Waals surface area contributed by atoms with E-state index in [0.29, 0.717) is 35.9 Å². The first-order valence-corrected chi connectivity index (χ1v) is 12.3. The largest absolute Gasteiger partial charge is 0.488 e. The lowest BCUT2D eigenvalue weighted by molar-refractivity contribution is 0.306. The molecule has 186 valence electrons. The first-order chi connectivity index (χ1) is 18.0. The molecule has 1 N–H and O–H groups in total. The maximum atomic E-state index is 14.4. The van der Waals surface area contributed by atoms with Crippen molar-refractivity contribution in [1.29, 1.82) is 0 Å². The molecule has 8 heteroatoms. The van der Waals surface area contributed by atoms with E-state index in [1.54, 1.807) is 6.07 Å². The number of benzene rings is 3. The second kappa shape index (κ2) is 9.20. The van der Waals surface area contributed by atoms with Crippen LogP contribution in [0.5, 0.6) is 5.75 Å². The molecular weight excluding hydrogens is 471 g/mol. The summed E-state index contributed by atoms with van der Waals surface area (Å²) in [6.45, 7) is 4.97. The number of imidazole rings is 1. The van der Waals surface area contributed by atoms with E-state index in [0.717, 1.165) is 52.0 Å². The van der Waals surface area contributed by atoms with Crippen molar-refractivity contribution in [3.63, 3.8) is 0 Å². The minimum absolute atomic E-state index is 0.293. The molecule has 0 fully saturated rings. The van der Waals surface area contributed by atoms with Crippen molar-refractivity contribution < 1.29 is 13.7 Å². The molecule has 0 radical (unpaired) electrons. The molecule has 1 aliphatic rings. The van der Waals surface area contributed by atoms with Crippen molar-refractivity contribution in [2.45, 2.75) is 39.8 Å². The topological polar surface area (TPSA) is 85.9 Å². The standard InChI is InChI=1S/C29H25FN4O3/c1-3-6-26-31-23-7-4-5-8-24(23)34(26)15-18-9-11-21-19(13-18)16-36-25-12-10-20(30)14-22(25)27(21)17(2)28-32-29(35)37-33-28/h4-5,7-14H,3,6,15-16H2,1-2H3,(H,32,33,35). The number of aromatic amines is 1. The first-order valence-electron chi connectivity index (χ1n) is 12.3. The average Bonchev–Trinajstić information content (AvgIpc) is 3.43. The number of H-pyrrole nitrogens is 1. The van der Waals surface area contributed by atoms with E-state index < -0.39 is 5.76 Å². The summed E-state index contributed by atoms with van der Waals surface area (Å²) >= 11 is 0. The van der Waals surface area contributed by atoms with E-state index in [9.17, 15) is 9.18 Å². The van der Waals surface area contributed by atoms with Crippen LogP contribution in [0.25, 0.3) is 22.2 Å². The smallest absolute Gasteiger partial charge is 0.439 e. The molecule has 0 amide bonds. The minimum atomic E-state index is -0.648. The van der Waals surface area contributed by atoms with Crippen LogP contribution < -0.4 is 10.5 Å². The van der Waals surface area contributed by atoms with Crippen LogP contribution in [0.2, 0.25) is 0 Å². The summed E-state index contributed by atoms with van der Waals surface area (Å²) in [6.07, 6.45) is 1.90. The van der Waals surface area contributed by atoms with Crippen molar-refractivity contribution in [3.05, 3.63) is 111 Å². The number of hydrogen-bond donors (Lipinski definition) is 1. The van der Waals surface area contributed by atoms with Crippen LogP contribution in [0.4, 0.5) is 4.39 Å². The lowest BCUT2D eigenvalue weighted by Crippen LogP contribution is -2.07. The number of nitrogens with one attached hydrogen (secondary N) is 1. The lowest BCUT2D eigenvalue weighted by Gasteiger charge is -2.15. The summed E-state index contributed by atoms with van der Waals surface area (Å²) in [6, 6.07) is 18.9. The number of nitrogens with zero attached hydrogens (tertiary/aromatic N) is 3. The molecule has 7 nitrogen and oxygen atoms in total. The molecule has 0 spiro atoms. The molecule has 0 saturated heterocycles. The van der Waals surface area contributed by atoms with Crippen LogP contribution in [0, 0.1) is 5.82 Å². The van der Waals surface area contributed by atoms with E-state index >= 15 is 0 Å². The van der Waals surface area contributed by atoms with E-state index in [4.69, 9.17) is 14.2 Å². The van der Waals surface area contributed by atoms with Crippen molar-refractivity contribution >= 4 is 22.2 Å². The fourth-order valence-corrected chi connectivity index (χ4v) is 5.05. The molecule has 3 aromatic carbocycles. The number of hydrogen-bond acceptors (Lipinski definition) is 5. The van der Waals surface area contributed by atoms with Gasteiger partial charge in [-0.2, -0.15) is 0 Å². The third-order valence-corrected chi connectivity index (χ3v) is 6.75. The molecule has 1 aliphatic heterocycles. The second-order valence-electron chi connectivity index (χ2n) is 9.22. The minimum Gasteiger partial charge on any atom is -0.488 e. The summed E-state index contributed by atoms with van der Waals surface area (Å²) in [4.78, 5) is 19.1. The Morgan fingerprint density at radius 2 is 1.97 bits per heavy atom. The average molecular weight is 497 g/mol. The fourth-order valence-electron chi connectivity index (χ4n) is 5.05. The monoisotopic (exact) mass is 496 g/mol. The van der Waals surface area contributed by atoms with E-state index in [-0.39, 0.29) is 5.82 Å². The van der Waals surface area contributed by atoms with Gasteiger partial charge in [0.25, 0.3) is 0 Å². The van der Waals surface area contributed by atoms with Crippen molar-refractivity contribution in [1.82, 2.24) is 19.7 Å². The van der Waals surface area contributed by atoms with Gasteiger partial charge >= 0.3 is 5.76 Å². The zero-order chi connectivity index (χ0) is 25.5. The first kappa shape index (κ1) is 23.0. The highest BCUT2D eigenvalue weighted by molar-refractivity contribution is 5.99. The van der Waals surface area contributed by atoms with Gasteiger partial charge in [-0.3, -0.25) is 9.51 Å². The summed E-state index contributed by atoms with van der Waals surface area (Å²) in [5.41, 5.74) is 7.02. The Kier molecular flexibility index (Phi) is 5.71. The molecule has 0 saturated carbocycles. The van der Waals surface area contributed by atoms with Gasteiger partial charge in [0.05, 0.1) is 11.0 Å². The van der Waals surface area contributed by atoms with Gasteiger partial charge in [-0.05, 0) is 72.0 Å². The van der Waals surface area contributed by atoms with Crippen LogP contribution in [-0.4, -0.2) is 19.7 Å². The van der Waals surface area contributed by atoms with Crippen LogP contribution in [-0.2, 0) is 19.6 Å². The quantitative estimate of drug-likeness (QED) is 0.336. The van der Waals surface area contributed by atoms with E-state index in [1.165, 1.54) is 12.1 Å². The van der Waals surface area contributed by atoms with Gasteiger partial charge in [0.2, 0.25) is 0 Å². The van der Waals surface area contributed by atoms with Crippen molar-refractivity contribution in [2.75, 3.05) is 0 Å². The van der Waals surface area contributed by atoms with Gasteiger partial charge in [0.15, 0.2) is 5.82 Å². The zero-order valence-electron chi connectivity index (χ0n) is 20.5. The summed E-state index contributed by atoms with van der Waals surface area (Å²) in [5.74, 6) is 0.887. The summed E-state index contributed by atoms with van der Waals surface area (Å²) in [5, 5.41) is 3.87. The zero-order valence-corrected chi connectivity index (χ0v) is 20.5. The number of fused-ring (bicyclic) bond motifs is 3. The number of para-hydroxylation sites is 2. The highest BCUT2D eigenvalue weighted by Gasteiger charge is 2.24. The Hall–Kier alpha value is -4.46. The number of rotatable bonds is 5. The van der Waals surface area contributed by atoms with Gasteiger partial charge < -0.3 is 9.30 Å². The number of aryl methyl sites for hydroxylation is 1. The van der Waals surface area contributed by atoms with Crippen molar-refractivity contribution in [2.24, 2.45) is 0 Å². The Balaban J connectivity index is 1.49. The summed E-state index contributed by atoms with van der Waals surface area (Å²) < 4.78 is 27.5. The van der Waals surface area contributed by atoms with E-state index in [2.05, 4.69) is 39.8 Å². The summed E-state index contributed by atoms with van der Waals surface area (Å²) in [7, 11) is 0. The van der Waals surface area contributed by atoms with Crippen LogP contribution in [0.1, 0.15) is 54.2 Å². The number of aromatic nitrogens is 4. The number of allylic oxidation sites excluding steroid dienone is 1. The predicted octanol–water partition coefficient (Wildman–Crippen LogP) is 5.72. The molecule has 3 heterocycles. The number of ether oxygens (including phenoxy) is 1. The maximum Gasteiger partial charge on any atom is 0.439 e. The highest BCUT2D eigenvalue weighted by Crippen LogP contribution is 2.41. The van der Waals surface area contributed by atoms with Gasteiger partial charge in [0, 0.05) is 24.1 Å². The molecular formula is C29H25FN4O3. The second-order valence-corrected chi connectivity index (χ2v) is 9.22. The normalized spacial score (nSPS) is 14.1. The van der Waals surface area contributed by atoms with Crippen LogP contribution in [0.3, 0.4) is 0 Å². The molecule has 0 atom stereocenters. The Morgan fingerprint density at radius 1 is 1.11 bits per heavy atom. The van der Waals surface area contributed by atoms with Gasteiger partial charge in [-0.25, -0.2) is 14.2 Å². The molecule has 2 aromatic heterocycles. The molecule has 6 rings (SSSR count). The van der Waals surface area contributed by atoms with Gasteiger partial charge in [0.1, 0.15) is 24.0 Å². The fraction of sp³-hybridized carbons (Fsp3) is 0.207. The molecule has 5 aromatic rings. The molecule has 37 heavy (non-hydrogen) atoms. The van der Waals surface area contributed by atoms with Crippen LogP contribution >= 0.6 is 0 Å². The van der Waals surface area contributed by atoms with Crippen LogP contribution in [0.15, 0.2) is 70.0 Å².